The fraction of sp³-hybridized carbons (Fsp3) is 0.0385. The Morgan fingerprint density at radius 1 is 0.767 bits per heavy atom. The molecular formula is C26H17ClO3. The normalized spacial score (nSPS) is 11.1. The number of fused-ring (bicyclic) bond motifs is 2. The molecule has 5 aromatic rings. The lowest BCUT2D eigenvalue weighted by Gasteiger charge is -2.13. The minimum Gasteiger partial charge on any atom is -0.481 e. The summed E-state index contributed by atoms with van der Waals surface area (Å²) in [4.78, 5) is 13.3. The molecule has 0 aliphatic heterocycles. The van der Waals surface area contributed by atoms with Crippen molar-refractivity contribution in [1.29, 1.82) is 0 Å². The Labute approximate surface area is 178 Å². The van der Waals surface area contributed by atoms with Crippen LogP contribution in [0.5, 0.6) is 5.75 Å². The van der Waals surface area contributed by atoms with Gasteiger partial charge in [-0.25, -0.2) is 0 Å². The van der Waals surface area contributed by atoms with E-state index >= 15 is 0 Å². The maximum Gasteiger partial charge on any atom is 0.235 e. The fourth-order valence-electron chi connectivity index (χ4n) is 3.62. The minimum atomic E-state index is -0.193. The smallest absolute Gasteiger partial charge is 0.235 e. The molecular weight excluding hydrogens is 396 g/mol. The van der Waals surface area contributed by atoms with E-state index in [-0.39, 0.29) is 17.8 Å². The van der Waals surface area contributed by atoms with Crippen LogP contribution in [0, 0.1) is 0 Å². The van der Waals surface area contributed by atoms with Gasteiger partial charge in [0.15, 0.2) is 5.76 Å². The zero-order valence-electron chi connectivity index (χ0n) is 16.0. The van der Waals surface area contributed by atoms with Gasteiger partial charge in [0.1, 0.15) is 12.2 Å². The summed E-state index contributed by atoms with van der Waals surface area (Å²) in [6.07, 6.45) is 0. The highest BCUT2D eigenvalue weighted by atomic mass is 35.5. The minimum absolute atomic E-state index is 0.193. The van der Waals surface area contributed by atoms with Crippen molar-refractivity contribution in [3.8, 4) is 17.1 Å². The van der Waals surface area contributed by atoms with Crippen LogP contribution in [0.15, 0.2) is 100 Å². The van der Waals surface area contributed by atoms with E-state index in [1.807, 2.05) is 48.5 Å². The number of hydrogen-bond donors (Lipinski definition) is 0. The number of halogens is 1. The summed E-state index contributed by atoms with van der Waals surface area (Å²) >= 11 is 6.04. The average Bonchev–Trinajstić information content (AvgIpc) is 2.79. The van der Waals surface area contributed by atoms with Crippen LogP contribution >= 0.6 is 11.6 Å². The van der Waals surface area contributed by atoms with Crippen molar-refractivity contribution in [3.05, 3.63) is 112 Å². The number of benzene rings is 4. The highest BCUT2D eigenvalue weighted by Crippen LogP contribution is 2.32. The highest BCUT2D eigenvalue weighted by molar-refractivity contribution is 6.30. The lowest BCUT2D eigenvalue weighted by Crippen LogP contribution is -2.10. The second kappa shape index (κ2) is 7.69. The summed E-state index contributed by atoms with van der Waals surface area (Å²) in [5.41, 5.74) is 2.06. The van der Waals surface area contributed by atoms with Gasteiger partial charge in [-0.05, 0) is 52.7 Å². The standard InChI is InChI=1S/C26H17ClO3/c27-20-14-12-18(13-15-20)25-26(24(28)22-10-3-4-11-23(22)30-25)29-16-19-8-5-7-17-6-1-2-9-21(17)19/h1-15H,16H2. The SMILES string of the molecule is O=c1c(OCc2cccc3ccccc23)c(-c2ccc(Cl)cc2)oc2ccccc12. The van der Waals surface area contributed by atoms with E-state index in [9.17, 15) is 4.79 Å². The Balaban J connectivity index is 1.63. The van der Waals surface area contributed by atoms with Gasteiger partial charge in [0.05, 0.1) is 5.39 Å². The summed E-state index contributed by atoms with van der Waals surface area (Å²) < 4.78 is 12.2. The van der Waals surface area contributed by atoms with Crippen molar-refractivity contribution < 1.29 is 9.15 Å². The van der Waals surface area contributed by atoms with Crippen molar-refractivity contribution >= 4 is 33.3 Å². The number of para-hydroxylation sites is 1. The largest absolute Gasteiger partial charge is 0.481 e. The molecule has 30 heavy (non-hydrogen) atoms. The summed E-state index contributed by atoms with van der Waals surface area (Å²) in [5.74, 6) is 0.597. The van der Waals surface area contributed by atoms with E-state index in [1.54, 1.807) is 24.3 Å². The third kappa shape index (κ3) is 3.34. The Morgan fingerprint density at radius 2 is 1.47 bits per heavy atom. The molecule has 0 saturated heterocycles. The molecule has 146 valence electrons. The van der Waals surface area contributed by atoms with Crippen LogP contribution in [0.3, 0.4) is 0 Å². The molecule has 0 spiro atoms. The van der Waals surface area contributed by atoms with Gasteiger partial charge < -0.3 is 9.15 Å². The fourth-order valence-corrected chi connectivity index (χ4v) is 3.74. The first-order valence-corrected chi connectivity index (χ1v) is 10.00. The first-order chi connectivity index (χ1) is 14.7. The van der Waals surface area contributed by atoms with Crippen molar-refractivity contribution in [2.75, 3.05) is 0 Å². The van der Waals surface area contributed by atoms with E-state index in [1.165, 1.54) is 0 Å². The predicted octanol–water partition coefficient (Wildman–Crippen LogP) is 6.85. The molecule has 0 amide bonds. The lowest BCUT2D eigenvalue weighted by molar-refractivity contribution is 0.299. The van der Waals surface area contributed by atoms with E-state index in [4.69, 9.17) is 20.8 Å². The molecule has 0 saturated carbocycles. The first-order valence-electron chi connectivity index (χ1n) is 9.62. The van der Waals surface area contributed by atoms with Gasteiger partial charge in [-0.2, -0.15) is 0 Å². The number of hydrogen-bond acceptors (Lipinski definition) is 3. The van der Waals surface area contributed by atoms with Gasteiger partial charge in [-0.3, -0.25) is 4.79 Å². The molecule has 0 aliphatic rings. The molecule has 4 aromatic carbocycles. The van der Waals surface area contributed by atoms with Gasteiger partial charge >= 0.3 is 0 Å². The molecule has 1 heterocycles. The topological polar surface area (TPSA) is 39.4 Å². The summed E-state index contributed by atoms with van der Waals surface area (Å²) in [6.45, 7) is 0.255. The summed E-state index contributed by atoms with van der Waals surface area (Å²) in [7, 11) is 0. The van der Waals surface area contributed by atoms with Crippen LogP contribution in [0.4, 0.5) is 0 Å². The van der Waals surface area contributed by atoms with Crippen LogP contribution < -0.4 is 10.2 Å². The maximum absolute atomic E-state index is 13.3. The van der Waals surface area contributed by atoms with E-state index in [0.29, 0.717) is 21.8 Å². The van der Waals surface area contributed by atoms with Gasteiger partial charge in [-0.15, -0.1) is 0 Å². The molecule has 0 fully saturated rings. The van der Waals surface area contributed by atoms with Crippen LogP contribution in [-0.4, -0.2) is 0 Å². The van der Waals surface area contributed by atoms with Crippen LogP contribution in [0.25, 0.3) is 33.1 Å². The maximum atomic E-state index is 13.3. The van der Waals surface area contributed by atoms with E-state index in [2.05, 4.69) is 18.2 Å². The molecule has 0 aliphatic carbocycles. The quantitative estimate of drug-likeness (QED) is 0.324. The Morgan fingerprint density at radius 3 is 2.30 bits per heavy atom. The molecule has 0 unspecified atom stereocenters. The van der Waals surface area contributed by atoms with E-state index in [0.717, 1.165) is 21.9 Å². The second-order valence-electron chi connectivity index (χ2n) is 7.02. The van der Waals surface area contributed by atoms with Gasteiger partial charge in [0.2, 0.25) is 11.2 Å². The Hall–Kier alpha value is -3.56. The van der Waals surface area contributed by atoms with Crippen molar-refractivity contribution in [3.63, 3.8) is 0 Å². The molecule has 3 nitrogen and oxygen atoms in total. The molecule has 1 aromatic heterocycles. The van der Waals surface area contributed by atoms with Crippen molar-refractivity contribution in [2.24, 2.45) is 0 Å². The lowest BCUT2D eigenvalue weighted by atomic mass is 10.1. The molecule has 0 N–H and O–H groups in total. The van der Waals surface area contributed by atoms with Crippen LogP contribution in [0.2, 0.25) is 5.02 Å². The molecule has 5 rings (SSSR count). The third-order valence-corrected chi connectivity index (χ3v) is 5.37. The Kier molecular flexibility index (Phi) is 4.74. The van der Waals surface area contributed by atoms with Gasteiger partial charge in [0, 0.05) is 10.6 Å². The molecule has 4 heteroatoms. The van der Waals surface area contributed by atoms with Gasteiger partial charge in [-0.1, -0.05) is 66.2 Å². The van der Waals surface area contributed by atoms with E-state index < -0.39 is 0 Å². The number of rotatable bonds is 4. The summed E-state index contributed by atoms with van der Waals surface area (Å²) in [5, 5.41) is 3.32. The summed E-state index contributed by atoms with van der Waals surface area (Å²) in [6, 6.07) is 28.5. The van der Waals surface area contributed by atoms with Crippen LogP contribution in [-0.2, 0) is 6.61 Å². The third-order valence-electron chi connectivity index (χ3n) is 5.11. The monoisotopic (exact) mass is 412 g/mol. The van der Waals surface area contributed by atoms with Gasteiger partial charge in [0.25, 0.3) is 0 Å². The second-order valence-corrected chi connectivity index (χ2v) is 7.46. The highest BCUT2D eigenvalue weighted by Gasteiger charge is 2.18. The molecule has 0 bridgehead atoms. The van der Waals surface area contributed by atoms with Crippen molar-refractivity contribution in [1.82, 2.24) is 0 Å². The zero-order chi connectivity index (χ0) is 20.5. The first kappa shape index (κ1) is 18.5. The zero-order valence-corrected chi connectivity index (χ0v) is 16.7. The molecule has 0 radical (unpaired) electrons. The molecule has 0 atom stereocenters. The van der Waals surface area contributed by atoms with Crippen LogP contribution in [0.1, 0.15) is 5.56 Å². The predicted molar refractivity (Wildman–Crippen MR) is 121 cm³/mol. The Bertz CT molecular complexity index is 1410. The average molecular weight is 413 g/mol. The number of ether oxygens (including phenoxy) is 1. The van der Waals surface area contributed by atoms with Crippen molar-refractivity contribution in [2.45, 2.75) is 6.61 Å².